The number of nitrogens with zero attached hydrogens (tertiary/aromatic N) is 1. The van der Waals surface area contributed by atoms with E-state index in [1.165, 1.54) is 12.0 Å². The van der Waals surface area contributed by atoms with Gasteiger partial charge in [-0.3, -0.25) is 4.79 Å². The molecule has 1 aliphatic carbocycles. The number of hydrogen-bond acceptors (Lipinski definition) is 6. The van der Waals surface area contributed by atoms with E-state index in [-0.39, 0.29) is 11.9 Å². The van der Waals surface area contributed by atoms with Crippen LogP contribution in [0, 0.1) is 5.92 Å². The fourth-order valence-corrected chi connectivity index (χ4v) is 5.77. The van der Waals surface area contributed by atoms with Gasteiger partial charge in [-0.15, -0.1) is 0 Å². The van der Waals surface area contributed by atoms with Crippen LogP contribution in [0.5, 0.6) is 11.5 Å². The van der Waals surface area contributed by atoms with Crippen molar-refractivity contribution in [2.24, 2.45) is 5.92 Å². The molecule has 31 heavy (non-hydrogen) atoms. The lowest BCUT2D eigenvalue weighted by molar-refractivity contribution is -0.119. The van der Waals surface area contributed by atoms with E-state index < -0.39 is 15.6 Å². The molecular weight excluding hydrogens is 416 g/mol. The molecule has 1 aromatic rings. The highest BCUT2D eigenvalue weighted by atomic mass is 32.2. The minimum atomic E-state index is -3.26. The summed E-state index contributed by atoms with van der Waals surface area (Å²) in [6.07, 6.45) is 8.71. The first kappa shape index (κ1) is 22.4. The fourth-order valence-electron chi connectivity index (χ4n) is 5.21. The van der Waals surface area contributed by atoms with Crippen LogP contribution < -0.4 is 14.8 Å². The second kappa shape index (κ2) is 9.77. The molecule has 7 nitrogen and oxygen atoms in total. The van der Waals surface area contributed by atoms with Gasteiger partial charge in [0.15, 0.2) is 21.3 Å². The third-order valence-electron chi connectivity index (χ3n) is 6.91. The van der Waals surface area contributed by atoms with E-state index in [0.29, 0.717) is 18.6 Å². The maximum Gasteiger partial charge on any atom is 0.235 e. The van der Waals surface area contributed by atoms with Crippen LogP contribution in [-0.4, -0.2) is 63.7 Å². The summed E-state index contributed by atoms with van der Waals surface area (Å²) in [4.78, 5) is 14.4. The van der Waals surface area contributed by atoms with E-state index >= 15 is 0 Å². The third kappa shape index (κ3) is 6.13. The molecule has 172 valence electrons. The lowest BCUT2D eigenvalue weighted by Crippen LogP contribution is -2.41. The van der Waals surface area contributed by atoms with Gasteiger partial charge in [-0.2, -0.15) is 0 Å². The first-order valence-electron chi connectivity index (χ1n) is 11.5. The summed E-state index contributed by atoms with van der Waals surface area (Å²) in [6, 6.07) is 6.35. The summed E-state index contributed by atoms with van der Waals surface area (Å²) in [5.41, 5.74) is 1.30. The minimum Gasteiger partial charge on any atom is -0.454 e. The van der Waals surface area contributed by atoms with Crippen LogP contribution in [0.1, 0.15) is 56.4 Å². The Morgan fingerprint density at radius 3 is 2.55 bits per heavy atom. The van der Waals surface area contributed by atoms with Gasteiger partial charge in [0.1, 0.15) is 5.75 Å². The van der Waals surface area contributed by atoms with E-state index in [1.807, 2.05) is 6.07 Å². The minimum absolute atomic E-state index is 0.125. The number of fused-ring (bicyclic) bond motifs is 1. The van der Waals surface area contributed by atoms with Gasteiger partial charge < -0.3 is 19.7 Å². The Labute approximate surface area is 185 Å². The van der Waals surface area contributed by atoms with Crippen molar-refractivity contribution in [2.45, 2.75) is 56.9 Å². The summed E-state index contributed by atoms with van der Waals surface area (Å²) in [7, 11) is -3.26. The number of piperidine rings is 1. The summed E-state index contributed by atoms with van der Waals surface area (Å²) < 4.78 is 33.7. The van der Waals surface area contributed by atoms with Gasteiger partial charge in [-0.05, 0) is 82.5 Å². The SMILES string of the molecule is CS(=O)(=O)CC(=O)NC1CCC(CCN2CCC(c3cccc4c3OCO4)CC2)CC1. The normalized spacial score (nSPS) is 24.8. The number of nitrogens with one attached hydrogen (secondary N) is 1. The van der Waals surface area contributed by atoms with Crippen LogP contribution in [-0.2, 0) is 14.6 Å². The second-order valence-corrected chi connectivity index (χ2v) is 11.5. The molecule has 1 amide bonds. The molecule has 8 heteroatoms. The van der Waals surface area contributed by atoms with Crippen LogP contribution in [0.3, 0.4) is 0 Å². The Morgan fingerprint density at radius 2 is 1.84 bits per heavy atom. The quantitative estimate of drug-likeness (QED) is 0.688. The van der Waals surface area contributed by atoms with Gasteiger partial charge in [0.25, 0.3) is 0 Å². The summed E-state index contributed by atoms with van der Waals surface area (Å²) in [5, 5.41) is 2.89. The van der Waals surface area contributed by atoms with Crippen LogP contribution in [0.4, 0.5) is 0 Å². The summed E-state index contributed by atoms with van der Waals surface area (Å²) in [5.74, 6) is 2.29. The maximum atomic E-state index is 11.8. The number of ether oxygens (including phenoxy) is 2. The van der Waals surface area contributed by atoms with Crippen molar-refractivity contribution in [3.8, 4) is 11.5 Å². The average Bonchev–Trinajstić information content (AvgIpc) is 3.21. The largest absolute Gasteiger partial charge is 0.454 e. The van der Waals surface area contributed by atoms with Crippen LogP contribution in [0.15, 0.2) is 18.2 Å². The Kier molecular flexibility index (Phi) is 7.06. The van der Waals surface area contributed by atoms with Crippen molar-refractivity contribution in [1.82, 2.24) is 10.2 Å². The monoisotopic (exact) mass is 450 g/mol. The molecular formula is C23H34N2O5S. The molecule has 0 radical (unpaired) electrons. The van der Waals surface area contributed by atoms with Crippen molar-refractivity contribution in [1.29, 1.82) is 0 Å². The molecule has 1 saturated heterocycles. The average molecular weight is 451 g/mol. The number of sulfone groups is 1. The first-order valence-corrected chi connectivity index (χ1v) is 13.5. The van der Waals surface area contributed by atoms with Crippen LogP contribution in [0.25, 0.3) is 0 Å². The van der Waals surface area contributed by atoms with Gasteiger partial charge >= 0.3 is 0 Å². The zero-order valence-electron chi connectivity index (χ0n) is 18.3. The Balaban J connectivity index is 1.15. The van der Waals surface area contributed by atoms with E-state index in [9.17, 15) is 13.2 Å². The van der Waals surface area contributed by atoms with Gasteiger partial charge in [-0.25, -0.2) is 8.42 Å². The zero-order valence-corrected chi connectivity index (χ0v) is 19.2. The number of carbonyl (C=O) groups is 1. The highest BCUT2D eigenvalue weighted by Gasteiger charge is 2.28. The molecule has 0 unspecified atom stereocenters. The number of para-hydroxylation sites is 1. The highest BCUT2D eigenvalue weighted by Crippen LogP contribution is 2.42. The van der Waals surface area contributed by atoms with Gasteiger partial charge in [0.2, 0.25) is 12.7 Å². The van der Waals surface area contributed by atoms with E-state index in [1.54, 1.807) is 0 Å². The lowest BCUT2D eigenvalue weighted by atomic mass is 9.83. The van der Waals surface area contributed by atoms with Crippen molar-refractivity contribution >= 4 is 15.7 Å². The maximum absolute atomic E-state index is 11.8. The lowest BCUT2D eigenvalue weighted by Gasteiger charge is -2.34. The number of amides is 1. The number of benzene rings is 1. The number of hydrogen-bond donors (Lipinski definition) is 1. The molecule has 4 rings (SSSR count). The number of carbonyl (C=O) groups excluding carboxylic acids is 1. The van der Waals surface area contributed by atoms with E-state index in [2.05, 4.69) is 22.3 Å². The van der Waals surface area contributed by atoms with Crippen molar-refractivity contribution in [3.63, 3.8) is 0 Å². The van der Waals surface area contributed by atoms with E-state index in [4.69, 9.17) is 9.47 Å². The third-order valence-corrected chi connectivity index (χ3v) is 7.70. The molecule has 0 bridgehead atoms. The summed E-state index contributed by atoms with van der Waals surface area (Å²) in [6.45, 7) is 3.70. The molecule has 1 N–H and O–H groups in total. The summed E-state index contributed by atoms with van der Waals surface area (Å²) >= 11 is 0. The number of rotatable bonds is 7. The standard InChI is InChI=1S/C23H34N2O5S/c1-31(27,28)15-22(26)24-19-7-5-17(6-8-19)9-12-25-13-10-18(11-14-25)20-3-2-4-21-23(20)30-16-29-21/h2-4,17-19H,5-16H2,1H3,(H,24,26). The Hall–Kier alpha value is -1.80. The molecule has 2 heterocycles. The number of likely N-dealkylation sites (tertiary alicyclic amines) is 1. The molecule has 0 aromatic heterocycles. The molecule has 1 aromatic carbocycles. The van der Waals surface area contributed by atoms with Gasteiger partial charge in [0.05, 0.1) is 0 Å². The first-order chi connectivity index (χ1) is 14.9. The van der Waals surface area contributed by atoms with Crippen molar-refractivity contribution < 1.29 is 22.7 Å². The fraction of sp³-hybridized carbons (Fsp3) is 0.696. The van der Waals surface area contributed by atoms with E-state index in [0.717, 1.165) is 75.9 Å². The molecule has 2 aliphatic heterocycles. The van der Waals surface area contributed by atoms with Crippen LogP contribution in [0.2, 0.25) is 0 Å². The van der Waals surface area contributed by atoms with Crippen molar-refractivity contribution in [3.05, 3.63) is 23.8 Å². The van der Waals surface area contributed by atoms with Gasteiger partial charge in [-0.1, -0.05) is 12.1 Å². The molecule has 3 aliphatic rings. The molecule has 0 atom stereocenters. The van der Waals surface area contributed by atoms with Crippen LogP contribution >= 0.6 is 0 Å². The molecule has 2 fully saturated rings. The Morgan fingerprint density at radius 1 is 1.10 bits per heavy atom. The Bertz CT molecular complexity index is 872. The second-order valence-electron chi connectivity index (χ2n) is 9.34. The zero-order chi connectivity index (χ0) is 21.8. The predicted octanol–water partition coefficient (Wildman–Crippen LogP) is 2.70. The van der Waals surface area contributed by atoms with Crippen molar-refractivity contribution in [2.75, 3.05) is 38.4 Å². The molecule has 0 spiro atoms. The smallest absolute Gasteiger partial charge is 0.235 e. The highest BCUT2D eigenvalue weighted by molar-refractivity contribution is 7.91. The molecule has 1 saturated carbocycles. The topological polar surface area (TPSA) is 84.9 Å². The predicted molar refractivity (Wildman–Crippen MR) is 119 cm³/mol. The van der Waals surface area contributed by atoms with Gasteiger partial charge in [0, 0.05) is 17.9 Å².